The number of halogens is 5. The first-order chi connectivity index (χ1) is 13.3. The first kappa shape index (κ1) is 21.7. The summed E-state index contributed by atoms with van der Waals surface area (Å²) in [4.78, 5) is 19.4. The van der Waals surface area contributed by atoms with Crippen LogP contribution in [0, 0.1) is 5.82 Å². The molecule has 0 saturated carbocycles. The Balaban J connectivity index is 1.89. The molecule has 1 amide bonds. The monoisotopic (exact) mass is 481 g/mol. The summed E-state index contributed by atoms with van der Waals surface area (Å²) in [5.41, 5.74) is -2.88. The molecule has 11 heteroatoms. The van der Waals surface area contributed by atoms with E-state index in [1.165, 1.54) is 4.90 Å². The Bertz CT molecular complexity index is 939. The molecule has 1 aliphatic heterocycles. The second-order valence-corrected chi connectivity index (χ2v) is 8.71. The Hall–Kier alpha value is -2.04. The number of nitrogens with zero attached hydrogens (tertiary/aromatic N) is 3. The number of anilines is 1. The number of hydrogen-bond donors (Lipinski definition) is 0. The lowest BCUT2D eigenvalue weighted by Crippen LogP contribution is -2.54. The first-order valence-corrected chi connectivity index (χ1v) is 9.67. The lowest BCUT2D eigenvalue weighted by atomic mass is 10.1. The number of ether oxygens (including phenoxy) is 1. The molecule has 0 radical (unpaired) electrons. The quantitative estimate of drug-likeness (QED) is 0.524. The van der Waals surface area contributed by atoms with Gasteiger partial charge in [0.25, 0.3) is 6.01 Å². The predicted molar refractivity (Wildman–Crippen MR) is 101 cm³/mol. The van der Waals surface area contributed by atoms with Crippen molar-refractivity contribution in [3.8, 4) is 0 Å². The van der Waals surface area contributed by atoms with Crippen LogP contribution in [0.15, 0.2) is 15.0 Å². The van der Waals surface area contributed by atoms with Crippen molar-refractivity contribution in [1.29, 1.82) is 0 Å². The molecular formula is C18H20BrF4N3O3. The second kappa shape index (κ2) is 7.33. The molecule has 0 aliphatic carbocycles. The third-order valence-electron chi connectivity index (χ3n) is 4.37. The zero-order valence-corrected chi connectivity index (χ0v) is 17.8. The van der Waals surface area contributed by atoms with E-state index in [0.29, 0.717) is 6.07 Å². The van der Waals surface area contributed by atoms with Gasteiger partial charge in [0.15, 0.2) is 5.58 Å². The number of benzene rings is 1. The van der Waals surface area contributed by atoms with Crippen LogP contribution in [0.4, 0.5) is 28.4 Å². The van der Waals surface area contributed by atoms with E-state index in [9.17, 15) is 22.4 Å². The number of amides is 1. The minimum atomic E-state index is -4.92. The van der Waals surface area contributed by atoms with Gasteiger partial charge in [-0.2, -0.15) is 18.2 Å². The molecule has 1 aromatic heterocycles. The predicted octanol–water partition coefficient (Wildman–Crippen LogP) is 5.19. The minimum Gasteiger partial charge on any atom is -0.444 e. The van der Waals surface area contributed by atoms with Crippen LogP contribution in [-0.2, 0) is 10.9 Å². The van der Waals surface area contributed by atoms with E-state index in [1.807, 2.05) is 0 Å². The van der Waals surface area contributed by atoms with E-state index in [2.05, 4.69) is 20.9 Å². The number of rotatable bonds is 1. The molecule has 0 bridgehead atoms. The highest BCUT2D eigenvalue weighted by molar-refractivity contribution is 9.10. The molecule has 1 unspecified atom stereocenters. The van der Waals surface area contributed by atoms with Gasteiger partial charge < -0.3 is 19.0 Å². The molecule has 3 rings (SSSR count). The highest BCUT2D eigenvalue weighted by atomic mass is 79.9. The van der Waals surface area contributed by atoms with Gasteiger partial charge in [-0.1, -0.05) is 0 Å². The van der Waals surface area contributed by atoms with E-state index in [-0.39, 0.29) is 41.7 Å². The van der Waals surface area contributed by atoms with Gasteiger partial charge in [-0.05, 0) is 49.7 Å². The van der Waals surface area contributed by atoms with Crippen LogP contribution >= 0.6 is 15.9 Å². The fraction of sp³-hybridized carbons (Fsp3) is 0.556. The zero-order valence-electron chi connectivity index (χ0n) is 16.2. The number of hydrogen-bond acceptors (Lipinski definition) is 5. The molecule has 29 heavy (non-hydrogen) atoms. The van der Waals surface area contributed by atoms with E-state index >= 15 is 0 Å². The van der Waals surface area contributed by atoms with Gasteiger partial charge in [-0.25, -0.2) is 9.18 Å². The van der Waals surface area contributed by atoms with Gasteiger partial charge in [0.2, 0.25) is 0 Å². The second-order valence-electron chi connectivity index (χ2n) is 7.86. The van der Waals surface area contributed by atoms with Crippen molar-refractivity contribution >= 4 is 39.1 Å². The van der Waals surface area contributed by atoms with E-state index in [0.717, 1.165) is 0 Å². The molecule has 1 aromatic carbocycles. The standard InChI is InChI=1S/C18H20BrF4N3O3/c1-9-8-25(16(27)29-17(2,3)4)5-6-26(9)15-24-13-12(18(21,22)23)11(20)7-10(19)14(13)28-15/h7,9H,5-6,8H2,1-4H3. The van der Waals surface area contributed by atoms with Gasteiger partial charge in [-0.15, -0.1) is 0 Å². The lowest BCUT2D eigenvalue weighted by molar-refractivity contribution is -0.138. The summed E-state index contributed by atoms with van der Waals surface area (Å²) in [5, 5.41) is 0. The third kappa shape index (κ3) is 4.44. The molecule has 6 nitrogen and oxygen atoms in total. The summed E-state index contributed by atoms with van der Waals surface area (Å²) in [6.45, 7) is 7.89. The number of alkyl halides is 3. The van der Waals surface area contributed by atoms with Crippen LogP contribution in [0.3, 0.4) is 0 Å². The fourth-order valence-electron chi connectivity index (χ4n) is 3.13. The van der Waals surface area contributed by atoms with Crippen molar-refractivity contribution in [3.63, 3.8) is 0 Å². The number of piperazine rings is 1. The Morgan fingerprint density at radius 1 is 1.31 bits per heavy atom. The molecule has 1 saturated heterocycles. The summed E-state index contributed by atoms with van der Waals surface area (Å²) >= 11 is 3.03. The number of carbonyl (C=O) groups is 1. The Labute approximate surface area is 172 Å². The summed E-state index contributed by atoms with van der Waals surface area (Å²) < 4.78 is 64.8. The number of carbonyl (C=O) groups excluding carboxylic acids is 1. The van der Waals surface area contributed by atoms with Crippen molar-refractivity contribution in [1.82, 2.24) is 9.88 Å². The van der Waals surface area contributed by atoms with Crippen molar-refractivity contribution in [2.45, 2.75) is 45.5 Å². The summed E-state index contributed by atoms with van der Waals surface area (Å²) in [5.74, 6) is -1.43. The van der Waals surface area contributed by atoms with Crippen molar-refractivity contribution in [2.24, 2.45) is 0 Å². The summed E-state index contributed by atoms with van der Waals surface area (Å²) in [6, 6.07) is 0.347. The maximum atomic E-state index is 14.0. The molecule has 2 aromatic rings. The molecule has 0 spiro atoms. The van der Waals surface area contributed by atoms with Crippen LogP contribution in [-0.4, -0.2) is 47.3 Å². The largest absolute Gasteiger partial charge is 0.444 e. The van der Waals surface area contributed by atoms with Crippen LogP contribution in [0.25, 0.3) is 11.1 Å². The van der Waals surface area contributed by atoms with Gasteiger partial charge in [0.1, 0.15) is 22.5 Å². The van der Waals surface area contributed by atoms with Crippen LogP contribution < -0.4 is 4.90 Å². The molecule has 1 aliphatic rings. The molecule has 1 fully saturated rings. The van der Waals surface area contributed by atoms with E-state index in [1.54, 1.807) is 32.6 Å². The molecule has 1 atom stereocenters. The maximum Gasteiger partial charge on any atom is 0.421 e. The Morgan fingerprint density at radius 3 is 2.52 bits per heavy atom. The van der Waals surface area contributed by atoms with Crippen molar-refractivity contribution < 1.29 is 31.5 Å². The molecule has 0 N–H and O–H groups in total. The van der Waals surface area contributed by atoms with Crippen LogP contribution in [0.5, 0.6) is 0 Å². The van der Waals surface area contributed by atoms with Crippen LogP contribution in [0.1, 0.15) is 33.3 Å². The summed E-state index contributed by atoms with van der Waals surface area (Å²) in [7, 11) is 0. The van der Waals surface area contributed by atoms with Gasteiger partial charge in [0, 0.05) is 25.7 Å². The maximum absolute atomic E-state index is 14.0. The number of fused-ring (bicyclic) bond motifs is 1. The van der Waals surface area contributed by atoms with Crippen LogP contribution in [0.2, 0.25) is 0 Å². The topological polar surface area (TPSA) is 58.8 Å². The highest BCUT2D eigenvalue weighted by Crippen LogP contribution is 2.41. The van der Waals surface area contributed by atoms with Gasteiger partial charge >= 0.3 is 12.3 Å². The number of oxazole rings is 1. The Morgan fingerprint density at radius 2 is 1.97 bits per heavy atom. The van der Waals surface area contributed by atoms with Crippen molar-refractivity contribution in [3.05, 3.63) is 21.9 Å². The van der Waals surface area contributed by atoms with Gasteiger partial charge in [-0.3, -0.25) is 0 Å². The average Bonchev–Trinajstić information content (AvgIpc) is 2.96. The molecule has 160 valence electrons. The minimum absolute atomic E-state index is 0.0387. The third-order valence-corrected chi connectivity index (χ3v) is 4.96. The SMILES string of the molecule is CC1CN(C(=O)OC(C)(C)C)CCN1c1nc2c(C(F)(F)F)c(F)cc(Br)c2o1. The lowest BCUT2D eigenvalue weighted by Gasteiger charge is -2.39. The molecular weight excluding hydrogens is 462 g/mol. The first-order valence-electron chi connectivity index (χ1n) is 8.88. The molecule has 2 heterocycles. The highest BCUT2D eigenvalue weighted by Gasteiger charge is 2.40. The van der Waals surface area contributed by atoms with Gasteiger partial charge in [0.05, 0.1) is 4.47 Å². The Kier molecular flexibility index (Phi) is 5.48. The van der Waals surface area contributed by atoms with E-state index in [4.69, 9.17) is 9.15 Å². The average molecular weight is 482 g/mol. The normalized spacial score (nSPS) is 18.4. The number of aromatic nitrogens is 1. The zero-order chi connectivity index (χ0) is 21.7. The van der Waals surface area contributed by atoms with Crippen molar-refractivity contribution in [2.75, 3.05) is 24.5 Å². The fourth-order valence-corrected chi connectivity index (χ4v) is 3.60. The van der Waals surface area contributed by atoms with E-state index < -0.39 is 34.8 Å². The smallest absolute Gasteiger partial charge is 0.421 e. The summed E-state index contributed by atoms with van der Waals surface area (Å²) in [6.07, 6.45) is -5.39.